The van der Waals surface area contributed by atoms with Crippen LogP contribution in [0.1, 0.15) is 347 Å². The highest BCUT2D eigenvalue weighted by Crippen LogP contribution is 2.27. The van der Waals surface area contributed by atoms with Crippen LogP contribution >= 0.6 is 0 Å². The van der Waals surface area contributed by atoms with Crippen molar-refractivity contribution in [3.8, 4) is 0 Å². The molecule has 0 aromatic heterocycles. The summed E-state index contributed by atoms with van der Waals surface area (Å²) in [6.45, 7) is 9.24. The van der Waals surface area contributed by atoms with Gasteiger partial charge in [0.1, 0.15) is 0 Å². The maximum Gasteiger partial charge on any atom is 0.0665 e. The topological polar surface area (TPSA) is 24.7 Å². The van der Waals surface area contributed by atoms with Crippen LogP contribution in [0.5, 0.6) is 0 Å². The van der Waals surface area contributed by atoms with Gasteiger partial charge in [-0.25, -0.2) is 0 Å². The SMILES string of the molecule is CCCCCCCCCCCCCCCCCCCCC=CCCc1ccccc1N=C(CCCC)C(CCCCCC)=Nc1ccccc1CCC=CCCCCCCCCCCCCCCCCCCCC. The van der Waals surface area contributed by atoms with Crippen molar-refractivity contribution in [2.75, 3.05) is 0 Å². The zero-order chi connectivity index (χ0) is 52.7. The lowest BCUT2D eigenvalue weighted by Crippen LogP contribution is -2.15. The highest BCUT2D eigenvalue weighted by atomic mass is 14.8. The largest absolute Gasteiger partial charge is 0.251 e. The van der Waals surface area contributed by atoms with Crippen molar-refractivity contribution < 1.29 is 0 Å². The van der Waals surface area contributed by atoms with Crippen LogP contribution in [0.15, 0.2) is 82.8 Å². The van der Waals surface area contributed by atoms with Gasteiger partial charge in [-0.3, -0.25) is 9.98 Å². The van der Waals surface area contributed by atoms with Crippen LogP contribution in [0, 0.1) is 0 Å². The highest BCUT2D eigenvalue weighted by Gasteiger charge is 2.13. The van der Waals surface area contributed by atoms with Gasteiger partial charge >= 0.3 is 0 Å². The number of allylic oxidation sites excluding steroid dienone is 4. The Balaban J connectivity index is 1.77. The van der Waals surface area contributed by atoms with E-state index in [1.807, 2.05) is 0 Å². The Labute approximate surface area is 463 Å². The summed E-state index contributed by atoms with van der Waals surface area (Å²) in [5.41, 5.74) is 7.44. The third-order valence-electron chi connectivity index (χ3n) is 15.8. The molecule has 0 aliphatic rings. The second-order valence-corrected chi connectivity index (χ2v) is 22.9. The van der Waals surface area contributed by atoms with E-state index in [9.17, 15) is 0 Å². The van der Waals surface area contributed by atoms with E-state index in [2.05, 4.69) is 101 Å². The minimum absolute atomic E-state index is 0.987. The van der Waals surface area contributed by atoms with Gasteiger partial charge in [0.25, 0.3) is 0 Å². The van der Waals surface area contributed by atoms with E-state index in [4.69, 9.17) is 9.98 Å². The van der Waals surface area contributed by atoms with Crippen LogP contribution in [0.2, 0.25) is 0 Å². The molecule has 0 N–H and O–H groups in total. The van der Waals surface area contributed by atoms with Crippen LogP contribution in [-0.4, -0.2) is 11.4 Å². The number of unbranched alkanes of at least 4 members (excludes halogenated alkanes) is 40. The Kier molecular flexibility index (Phi) is 48.8. The zero-order valence-electron chi connectivity index (χ0n) is 50.2. The molecule has 2 aromatic rings. The molecule has 74 heavy (non-hydrogen) atoms. The molecular formula is C72H124N2. The third-order valence-corrected chi connectivity index (χ3v) is 15.8. The van der Waals surface area contributed by atoms with Crippen molar-refractivity contribution in [3.63, 3.8) is 0 Å². The predicted octanol–water partition coefficient (Wildman–Crippen LogP) is 25.5. The summed E-state index contributed by atoms with van der Waals surface area (Å²) in [7, 11) is 0. The molecule has 422 valence electrons. The fourth-order valence-electron chi connectivity index (χ4n) is 10.8. The lowest BCUT2D eigenvalue weighted by atomic mass is 10.0. The molecule has 0 fully saturated rings. The van der Waals surface area contributed by atoms with Gasteiger partial charge in [0, 0.05) is 0 Å². The fourth-order valence-corrected chi connectivity index (χ4v) is 10.8. The molecule has 0 aliphatic carbocycles. The van der Waals surface area contributed by atoms with Gasteiger partial charge in [-0.1, -0.05) is 332 Å². The predicted molar refractivity (Wildman–Crippen MR) is 337 cm³/mol. The molecule has 0 unspecified atom stereocenters. The maximum atomic E-state index is 5.55. The second-order valence-electron chi connectivity index (χ2n) is 22.9. The minimum Gasteiger partial charge on any atom is -0.251 e. The average molecular weight is 1020 g/mol. The number of aliphatic imine (C=N–C) groups is 2. The maximum absolute atomic E-state index is 5.55. The molecule has 0 atom stereocenters. The molecular weight excluding hydrogens is 893 g/mol. The van der Waals surface area contributed by atoms with Crippen molar-refractivity contribution in [3.05, 3.63) is 84.0 Å². The van der Waals surface area contributed by atoms with Crippen LogP contribution in [0.25, 0.3) is 0 Å². The molecule has 0 radical (unpaired) electrons. The van der Waals surface area contributed by atoms with Gasteiger partial charge in [-0.15, -0.1) is 0 Å². The van der Waals surface area contributed by atoms with Gasteiger partial charge in [0.2, 0.25) is 0 Å². The van der Waals surface area contributed by atoms with Crippen molar-refractivity contribution >= 4 is 22.8 Å². The number of hydrogen-bond donors (Lipinski definition) is 0. The summed E-state index contributed by atoms with van der Waals surface area (Å²) in [6.07, 6.45) is 77.3. The van der Waals surface area contributed by atoms with E-state index in [0.717, 1.165) is 62.7 Å². The first-order chi connectivity index (χ1) is 36.7. The first kappa shape index (κ1) is 67.4. The number of benzene rings is 2. The summed E-state index contributed by atoms with van der Waals surface area (Å²) < 4.78 is 0. The van der Waals surface area contributed by atoms with Gasteiger partial charge in [0.15, 0.2) is 0 Å². The zero-order valence-corrected chi connectivity index (χ0v) is 50.2. The third kappa shape index (κ3) is 40.5. The van der Waals surface area contributed by atoms with Gasteiger partial charge in [0.05, 0.1) is 22.8 Å². The number of hydrogen-bond acceptors (Lipinski definition) is 2. The molecule has 0 bridgehead atoms. The molecule has 0 saturated heterocycles. The lowest BCUT2D eigenvalue weighted by Gasteiger charge is -2.14. The first-order valence-corrected chi connectivity index (χ1v) is 33.3. The number of nitrogens with zero attached hydrogens (tertiary/aromatic N) is 2. The van der Waals surface area contributed by atoms with E-state index in [1.54, 1.807) is 0 Å². The first-order valence-electron chi connectivity index (χ1n) is 33.3. The van der Waals surface area contributed by atoms with E-state index >= 15 is 0 Å². The van der Waals surface area contributed by atoms with Crippen LogP contribution in [0.4, 0.5) is 11.4 Å². The second kappa shape index (κ2) is 53.6. The van der Waals surface area contributed by atoms with Crippen LogP contribution < -0.4 is 0 Å². The smallest absolute Gasteiger partial charge is 0.0665 e. The summed E-state index contributed by atoms with van der Waals surface area (Å²) in [5, 5.41) is 0. The summed E-state index contributed by atoms with van der Waals surface area (Å²) >= 11 is 0. The molecule has 2 nitrogen and oxygen atoms in total. The molecule has 0 amide bonds. The number of para-hydroxylation sites is 2. The Morgan fingerprint density at radius 3 is 0.824 bits per heavy atom. The Morgan fingerprint density at radius 1 is 0.270 bits per heavy atom. The minimum atomic E-state index is 0.987. The standard InChI is InChI=1S/C72H124N2/c1-5-9-13-16-18-20-22-24-26-28-30-32-34-36-38-40-42-44-46-48-50-52-59-67-61-55-57-64-69(67)73-71(63-12-8-4)72(66-54-15-11-7-3)74-70-65-58-56-62-68(70)60-53-51-49-47-45-43-41-39-37-35-33-31-29-27-25-23-21-19-17-14-10-6-2/h48-51,55-58,61-62,64-65H,5-47,52-54,59-60,63,66H2,1-4H3. The summed E-state index contributed by atoms with van der Waals surface area (Å²) in [6, 6.07) is 17.9. The Morgan fingerprint density at radius 2 is 0.514 bits per heavy atom. The van der Waals surface area contributed by atoms with Gasteiger partial charge < -0.3 is 0 Å². The van der Waals surface area contributed by atoms with Gasteiger partial charge in [-0.2, -0.15) is 0 Å². The number of rotatable bonds is 55. The van der Waals surface area contributed by atoms with Crippen molar-refractivity contribution in [1.29, 1.82) is 0 Å². The normalized spacial score (nSPS) is 12.4. The molecule has 2 rings (SSSR count). The van der Waals surface area contributed by atoms with E-state index in [1.165, 1.54) is 292 Å². The van der Waals surface area contributed by atoms with E-state index in [-0.39, 0.29) is 0 Å². The fraction of sp³-hybridized carbons (Fsp3) is 0.750. The van der Waals surface area contributed by atoms with E-state index in [0.29, 0.717) is 0 Å². The molecule has 0 saturated carbocycles. The highest BCUT2D eigenvalue weighted by molar-refractivity contribution is 6.43. The molecule has 0 aliphatic heterocycles. The quantitative estimate of drug-likeness (QED) is 0.0358. The Bertz CT molecular complexity index is 1610. The molecule has 2 heteroatoms. The van der Waals surface area contributed by atoms with Crippen molar-refractivity contribution in [2.45, 2.75) is 349 Å². The Hall–Kier alpha value is -2.74. The van der Waals surface area contributed by atoms with Crippen molar-refractivity contribution in [1.82, 2.24) is 0 Å². The summed E-state index contributed by atoms with van der Waals surface area (Å²) in [5.74, 6) is 0. The molecule has 0 heterocycles. The molecule has 2 aromatic carbocycles. The van der Waals surface area contributed by atoms with Crippen LogP contribution in [0.3, 0.4) is 0 Å². The summed E-state index contributed by atoms with van der Waals surface area (Å²) in [4.78, 5) is 11.1. The van der Waals surface area contributed by atoms with Crippen LogP contribution in [-0.2, 0) is 12.8 Å². The molecule has 0 spiro atoms. The number of aryl methyl sites for hydroxylation is 2. The monoisotopic (exact) mass is 1020 g/mol. The van der Waals surface area contributed by atoms with E-state index < -0.39 is 0 Å². The van der Waals surface area contributed by atoms with Crippen molar-refractivity contribution in [2.24, 2.45) is 9.98 Å². The average Bonchev–Trinajstić information content (AvgIpc) is 3.42. The lowest BCUT2D eigenvalue weighted by molar-refractivity contribution is 0.525. The van der Waals surface area contributed by atoms with Gasteiger partial charge in [-0.05, 0) is 100 Å².